The van der Waals surface area contributed by atoms with Crippen LogP contribution in [0.1, 0.15) is 34.1 Å². The third kappa shape index (κ3) is 3.37. The molecule has 0 aliphatic carbocycles. The van der Waals surface area contributed by atoms with E-state index in [1.54, 1.807) is 12.1 Å². The van der Waals surface area contributed by atoms with Crippen molar-refractivity contribution >= 4 is 5.69 Å². The number of piperazine rings is 1. The molecule has 0 bridgehead atoms. The van der Waals surface area contributed by atoms with Crippen molar-refractivity contribution in [2.45, 2.75) is 46.2 Å². The third-order valence-corrected chi connectivity index (χ3v) is 4.72. The zero-order valence-corrected chi connectivity index (χ0v) is 13.4. The molecule has 2 rings (SSSR count). The second-order valence-electron chi connectivity index (χ2n) is 6.44. The third-order valence-electron chi connectivity index (χ3n) is 4.72. The van der Waals surface area contributed by atoms with Crippen molar-refractivity contribution in [3.63, 3.8) is 0 Å². The van der Waals surface area contributed by atoms with Crippen molar-refractivity contribution < 1.29 is 8.78 Å². The van der Waals surface area contributed by atoms with Gasteiger partial charge < -0.3 is 10.2 Å². The van der Waals surface area contributed by atoms with Crippen LogP contribution in [0.25, 0.3) is 0 Å². The Labute approximate surface area is 126 Å². The van der Waals surface area contributed by atoms with Crippen molar-refractivity contribution in [2.24, 2.45) is 11.8 Å². The van der Waals surface area contributed by atoms with Gasteiger partial charge >= 0.3 is 0 Å². The summed E-state index contributed by atoms with van der Waals surface area (Å²) >= 11 is 0. The molecule has 1 saturated heterocycles. The van der Waals surface area contributed by atoms with Gasteiger partial charge in [0.15, 0.2) is 11.6 Å². The summed E-state index contributed by atoms with van der Waals surface area (Å²) in [5.41, 5.74) is 0.392. The van der Waals surface area contributed by atoms with Gasteiger partial charge in [-0.2, -0.15) is 0 Å². The standard InChI is InChI=1S/C17H26F2N2/c1-5-12(4)14-10-21(16(9-20-14)11(2)3)15-8-6-7-13(18)17(15)19/h6-8,11-12,14,16,20H,5,9-10H2,1-4H3. The number of hydrogen-bond donors (Lipinski definition) is 1. The summed E-state index contributed by atoms with van der Waals surface area (Å²) in [5.74, 6) is -0.614. The van der Waals surface area contributed by atoms with Gasteiger partial charge in [0.1, 0.15) is 0 Å². The van der Waals surface area contributed by atoms with E-state index in [0.29, 0.717) is 23.6 Å². The van der Waals surface area contributed by atoms with E-state index in [1.165, 1.54) is 6.07 Å². The van der Waals surface area contributed by atoms with Crippen molar-refractivity contribution in [2.75, 3.05) is 18.0 Å². The molecule has 3 atom stereocenters. The minimum atomic E-state index is -0.770. The number of hydrogen-bond acceptors (Lipinski definition) is 2. The van der Waals surface area contributed by atoms with Gasteiger partial charge in [0.2, 0.25) is 0 Å². The Morgan fingerprint density at radius 1 is 1.29 bits per heavy atom. The molecule has 1 aromatic rings. The van der Waals surface area contributed by atoms with Crippen molar-refractivity contribution in [1.29, 1.82) is 0 Å². The fourth-order valence-corrected chi connectivity index (χ4v) is 3.05. The fourth-order valence-electron chi connectivity index (χ4n) is 3.05. The molecule has 3 unspecified atom stereocenters. The lowest BCUT2D eigenvalue weighted by Crippen LogP contribution is -2.60. The minimum Gasteiger partial charge on any atom is -0.363 e. The molecule has 0 spiro atoms. The SMILES string of the molecule is CCC(C)C1CN(c2cccc(F)c2F)C(C(C)C)CN1. The Morgan fingerprint density at radius 3 is 2.62 bits per heavy atom. The molecule has 4 heteroatoms. The van der Waals surface area contributed by atoms with Crippen LogP contribution in [0, 0.1) is 23.5 Å². The number of halogens is 2. The first-order valence-corrected chi connectivity index (χ1v) is 7.89. The first-order valence-electron chi connectivity index (χ1n) is 7.89. The first-order chi connectivity index (χ1) is 9.95. The molecule has 1 heterocycles. The fraction of sp³-hybridized carbons (Fsp3) is 0.647. The lowest BCUT2D eigenvalue weighted by atomic mass is 9.91. The zero-order chi connectivity index (χ0) is 15.6. The van der Waals surface area contributed by atoms with E-state index < -0.39 is 11.6 Å². The zero-order valence-electron chi connectivity index (χ0n) is 13.4. The van der Waals surface area contributed by atoms with Gasteiger partial charge in [-0.15, -0.1) is 0 Å². The quantitative estimate of drug-likeness (QED) is 0.909. The van der Waals surface area contributed by atoms with Gasteiger partial charge in [0.25, 0.3) is 0 Å². The van der Waals surface area contributed by atoms with E-state index in [4.69, 9.17) is 0 Å². The second kappa shape index (κ2) is 6.73. The van der Waals surface area contributed by atoms with Gasteiger partial charge in [-0.05, 0) is 24.0 Å². The van der Waals surface area contributed by atoms with E-state index >= 15 is 0 Å². The molecule has 0 amide bonds. The maximum Gasteiger partial charge on any atom is 0.182 e. The highest BCUT2D eigenvalue weighted by molar-refractivity contribution is 5.50. The molecule has 0 radical (unpaired) electrons. The first kappa shape index (κ1) is 16.2. The molecule has 118 valence electrons. The smallest absolute Gasteiger partial charge is 0.182 e. The molecule has 0 saturated carbocycles. The average Bonchev–Trinajstić information content (AvgIpc) is 2.48. The summed E-state index contributed by atoms with van der Waals surface area (Å²) in [6, 6.07) is 4.95. The molecule has 2 nitrogen and oxygen atoms in total. The normalized spacial score (nSPS) is 24.4. The summed E-state index contributed by atoms with van der Waals surface area (Å²) in [6.45, 7) is 10.1. The molecule has 1 aromatic carbocycles. The van der Waals surface area contributed by atoms with Crippen LogP contribution in [0.4, 0.5) is 14.5 Å². The maximum absolute atomic E-state index is 14.2. The van der Waals surface area contributed by atoms with Crippen LogP contribution in [0.15, 0.2) is 18.2 Å². The van der Waals surface area contributed by atoms with Gasteiger partial charge in [-0.3, -0.25) is 0 Å². The molecule has 1 fully saturated rings. The maximum atomic E-state index is 14.2. The van der Waals surface area contributed by atoms with E-state index in [2.05, 4.69) is 37.9 Å². The van der Waals surface area contributed by atoms with E-state index in [-0.39, 0.29) is 6.04 Å². The van der Waals surface area contributed by atoms with Gasteiger partial charge in [-0.1, -0.05) is 40.2 Å². The molecular formula is C17H26F2N2. The van der Waals surface area contributed by atoms with Crippen molar-refractivity contribution in [1.82, 2.24) is 5.32 Å². The summed E-state index contributed by atoms with van der Waals surface area (Å²) in [6.07, 6.45) is 1.07. The largest absolute Gasteiger partial charge is 0.363 e. The van der Waals surface area contributed by atoms with Gasteiger partial charge in [-0.25, -0.2) is 8.78 Å². The highest BCUT2D eigenvalue weighted by atomic mass is 19.2. The number of nitrogens with zero attached hydrogens (tertiary/aromatic N) is 1. The van der Waals surface area contributed by atoms with Crippen molar-refractivity contribution in [3.8, 4) is 0 Å². The number of rotatable bonds is 4. The van der Waals surface area contributed by atoms with Crippen LogP contribution in [0.2, 0.25) is 0 Å². The predicted octanol–water partition coefficient (Wildman–Crippen LogP) is 3.81. The van der Waals surface area contributed by atoms with Gasteiger partial charge in [0.05, 0.1) is 5.69 Å². The summed E-state index contributed by atoms with van der Waals surface area (Å²) in [5, 5.41) is 3.58. The lowest BCUT2D eigenvalue weighted by Gasteiger charge is -2.45. The van der Waals surface area contributed by atoms with E-state index in [9.17, 15) is 8.78 Å². The summed E-state index contributed by atoms with van der Waals surface area (Å²) in [7, 11) is 0. The van der Waals surface area contributed by atoms with Crippen molar-refractivity contribution in [3.05, 3.63) is 29.8 Å². The topological polar surface area (TPSA) is 15.3 Å². The Morgan fingerprint density at radius 2 is 2.00 bits per heavy atom. The van der Waals surface area contributed by atoms with E-state index in [1.807, 2.05) is 0 Å². The minimum absolute atomic E-state index is 0.182. The molecule has 1 aliphatic rings. The average molecular weight is 296 g/mol. The van der Waals surface area contributed by atoms with Gasteiger partial charge in [0, 0.05) is 25.2 Å². The number of benzene rings is 1. The van der Waals surface area contributed by atoms with Crippen LogP contribution >= 0.6 is 0 Å². The highest BCUT2D eigenvalue weighted by Gasteiger charge is 2.33. The second-order valence-corrected chi connectivity index (χ2v) is 6.44. The molecular weight excluding hydrogens is 270 g/mol. The highest BCUT2D eigenvalue weighted by Crippen LogP contribution is 2.29. The molecule has 1 N–H and O–H groups in total. The summed E-state index contributed by atoms with van der Waals surface area (Å²) < 4.78 is 27.8. The lowest BCUT2D eigenvalue weighted by molar-refractivity contribution is 0.279. The molecule has 1 aliphatic heterocycles. The summed E-state index contributed by atoms with van der Waals surface area (Å²) in [4.78, 5) is 2.05. The molecule has 21 heavy (non-hydrogen) atoms. The Hall–Kier alpha value is -1.16. The van der Waals surface area contributed by atoms with Crippen LogP contribution < -0.4 is 10.2 Å². The van der Waals surface area contributed by atoms with Crippen LogP contribution in [-0.2, 0) is 0 Å². The Bertz CT molecular complexity index is 476. The van der Waals surface area contributed by atoms with Crippen LogP contribution in [0.5, 0.6) is 0 Å². The molecule has 0 aromatic heterocycles. The number of anilines is 1. The Balaban J connectivity index is 2.31. The van der Waals surface area contributed by atoms with E-state index in [0.717, 1.165) is 19.5 Å². The predicted molar refractivity (Wildman–Crippen MR) is 83.6 cm³/mol. The monoisotopic (exact) mass is 296 g/mol. The van der Waals surface area contributed by atoms with Crippen LogP contribution in [-0.4, -0.2) is 25.2 Å². The Kier molecular flexibility index (Phi) is 5.20. The number of nitrogens with one attached hydrogen (secondary N) is 1. The van der Waals surface area contributed by atoms with Crippen LogP contribution in [0.3, 0.4) is 0 Å².